The second kappa shape index (κ2) is 4.81. The van der Waals surface area contributed by atoms with Crippen molar-refractivity contribution in [2.45, 2.75) is 19.8 Å². The van der Waals surface area contributed by atoms with Gasteiger partial charge < -0.3 is 4.74 Å². The van der Waals surface area contributed by atoms with Crippen molar-refractivity contribution in [1.29, 1.82) is 0 Å². The zero-order chi connectivity index (χ0) is 9.68. The predicted molar refractivity (Wildman–Crippen MR) is 51.4 cm³/mol. The summed E-state index contributed by atoms with van der Waals surface area (Å²) in [6, 6.07) is 1.46. The van der Waals surface area contributed by atoms with Gasteiger partial charge in [-0.05, 0) is 6.42 Å². The maximum absolute atomic E-state index is 10.4. The van der Waals surface area contributed by atoms with E-state index >= 15 is 0 Å². The second-order valence-corrected chi connectivity index (χ2v) is 3.43. The Balaban J connectivity index is 2.55. The van der Waals surface area contributed by atoms with E-state index in [4.69, 9.17) is 4.74 Å². The van der Waals surface area contributed by atoms with Crippen molar-refractivity contribution in [3.05, 3.63) is 21.6 Å². The van der Waals surface area contributed by atoms with Crippen LogP contribution in [0.4, 0.5) is 5.69 Å². The van der Waals surface area contributed by atoms with Crippen LogP contribution in [0.25, 0.3) is 0 Å². The number of unbranched alkanes of at least 4 members (excludes halogenated alkanes) is 1. The minimum absolute atomic E-state index is 0.0705. The predicted octanol–water partition coefficient (Wildman–Crippen LogP) is 2.84. The fourth-order valence-corrected chi connectivity index (χ4v) is 1.58. The maximum Gasteiger partial charge on any atom is 0.322 e. The molecular weight excluding hydrogens is 190 g/mol. The minimum atomic E-state index is -0.419. The Hall–Kier alpha value is -1.10. The van der Waals surface area contributed by atoms with E-state index in [9.17, 15) is 10.1 Å². The summed E-state index contributed by atoms with van der Waals surface area (Å²) in [7, 11) is 0. The number of nitrogens with zero attached hydrogens (tertiary/aromatic N) is 1. The lowest BCUT2D eigenvalue weighted by Crippen LogP contribution is -1.97. The first-order valence-electron chi connectivity index (χ1n) is 4.10. The summed E-state index contributed by atoms with van der Waals surface area (Å²) in [5.74, 6) is 0. The molecule has 0 bridgehead atoms. The fourth-order valence-electron chi connectivity index (χ4n) is 0.841. The van der Waals surface area contributed by atoms with Crippen LogP contribution in [0.3, 0.4) is 0 Å². The third-order valence-corrected chi connectivity index (χ3v) is 2.35. The molecule has 1 heterocycles. The van der Waals surface area contributed by atoms with Crippen LogP contribution in [-0.4, -0.2) is 11.5 Å². The van der Waals surface area contributed by atoms with Gasteiger partial charge in [-0.2, -0.15) is 0 Å². The van der Waals surface area contributed by atoms with Crippen LogP contribution < -0.4 is 4.74 Å². The van der Waals surface area contributed by atoms with E-state index in [1.54, 1.807) is 5.38 Å². The summed E-state index contributed by atoms with van der Waals surface area (Å²) in [5.41, 5.74) is 0.0705. The summed E-state index contributed by atoms with van der Waals surface area (Å²) in [4.78, 5) is 10.0. The van der Waals surface area contributed by atoms with Crippen molar-refractivity contribution in [3.8, 4) is 5.06 Å². The second-order valence-electron chi connectivity index (χ2n) is 2.55. The van der Waals surface area contributed by atoms with Gasteiger partial charge in [0.15, 0.2) is 0 Å². The van der Waals surface area contributed by atoms with Crippen molar-refractivity contribution in [3.63, 3.8) is 0 Å². The first-order valence-corrected chi connectivity index (χ1v) is 4.98. The van der Waals surface area contributed by atoms with Gasteiger partial charge in [-0.3, -0.25) is 10.1 Å². The van der Waals surface area contributed by atoms with Crippen molar-refractivity contribution in [2.75, 3.05) is 6.61 Å². The number of hydrogen-bond acceptors (Lipinski definition) is 4. The summed E-state index contributed by atoms with van der Waals surface area (Å²) >= 11 is 1.26. The summed E-state index contributed by atoms with van der Waals surface area (Å²) in [5, 5.41) is 12.5. The Bertz CT molecular complexity index is 285. The average Bonchev–Trinajstić information content (AvgIpc) is 2.53. The minimum Gasteiger partial charge on any atom is -0.479 e. The molecule has 5 heteroatoms. The highest BCUT2D eigenvalue weighted by Crippen LogP contribution is 2.32. The highest BCUT2D eigenvalue weighted by atomic mass is 32.1. The fraction of sp³-hybridized carbons (Fsp3) is 0.500. The van der Waals surface area contributed by atoms with E-state index in [1.807, 2.05) is 6.92 Å². The van der Waals surface area contributed by atoms with Crippen LogP contribution >= 0.6 is 11.3 Å². The lowest BCUT2D eigenvalue weighted by Gasteiger charge is -2.00. The Morgan fingerprint density at radius 2 is 2.46 bits per heavy atom. The van der Waals surface area contributed by atoms with Crippen molar-refractivity contribution in [1.82, 2.24) is 0 Å². The molecule has 0 aliphatic carbocycles. The molecule has 0 aliphatic rings. The molecule has 0 spiro atoms. The molecule has 0 aromatic carbocycles. The van der Waals surface area contributed by atoms with E-state index < -0.39 is 4.92 Å². The van der Waals surface area contributed by atoms with Crippen LogP contribution in [-0.2, 0) is 0 Å². The van der Waals surface area contributed by atoms with Crippen molar-refractivity contribution in [2.24, 2.45) is 0 Å². The summed E-state index contributed by atoms with van der Waals surface area (Å²) in [6.45, 7) is 2.60. The van der Waals surface area contributed by atoms with Gasteiger partial charge in [-0.15, -0.1) is 11.3 Å². The van der Waals surface area contributed by atoms with Gasteiger partial charge in [0.2, 0.25) is 0 Å². The van der Waals surface area contributed by atoms with Crippen LogP contribution in [0.1, 0.15) is 19.8 Å². The Kier molecular flexibility index (Phi) is 3.70. The molecule has 0 unspecified atom stereocenters. The molecule has 0 atom stereocenters. The van der Waals surface area contributed by atoms with Crippen LogP contribution in [0.5, 0.6) is 5.06 Å². The highest BCUT2D eigenvalue weighted by Gasteiger charge is 2.15. The number of thiophene rings is 1. The quantitative estimate of drug-likeness (QED) is 0.418. The smallest absolute Gasteiger partial charge is 0.322 e. The standard InChI is InChI=1S/C8H11NO3S/c1-2-3-5-12-8-7(9(10)11)4-6-13-8/h4,6H,2-3,5H2,1H3. The SMILES string of the molecule is CCCCOc1sccc1[N+](=O)[O-]. The van der Waals surface area contributed by atoms with E-state index in [0.29, 0.717) is 11.7 Å². The van der Waals surface area contributed by atoms with Crippen molar-refractivity contribution < 1.29 is 9.66 Å². The van der Waals surface area contributed by atoms with Gasteiger partial charge >= 0.3 is 5.69 Å². The number of hydrogen-bond donors (Lipinski definition) is 0. The monoisotopic (exact) mass is 201 g/mol. The zero-order valence-corrected chi connectivity index (χ0v) is 8.17. The molecule has 1 aromatic rings. The Morgan fingerprint density at radius 1 is 1.69 bits per heavy atom. The van der Waals surface area contributed by atoms with E-state index in [2.05, 4.69) is 0 Å². The zero-order valence-electron chi connectivity index (χ0n) is 7.36. The third kappa shape index (κ3) is 2.69. The molecule has 1 rings (SSSR count). The molecule has 72 valence electrons. The molecule has 0 radical (unpaired) electrons. The first kappa shape index (κ1) is 9.98. The lowest BCUT2D eigenvalue weighted by atomic mass is 10.4. The number of ether oxygens (including phenoxy) is 1. The maximum atomic E-state index is 10.4. The Labute approximate surface area is 80.3 Å². The normalized spacial score (nSPS) is 9.92. The van der Waals surface area contributed by atoms with Crippen molar-refractivity contribution >= 4 is 17.0 Å². The summed E-state index contributed by atoms with van der Waals surface area (Å²) in [6.07, 6.45) is 1.95. The highest BCUT2D eigenvalue weighted by molar-refractivity contribution is 7.12. The van der Waals surface area contributed by atoms with Crippen LogP contribution in [0, 0.1) is 10.1 Å². The molecule has 0 saturated heterocycles. The first-order chi connectivity index (χ1) is 6.25. The van der Waals surface area contributed by atoms with Crippen LogP contribution in [0.15, 0.2) is 11.4 Å². The van der Waals surface area contributed by atoms with Gasteiger partial charge in [0.25, 0.3) is 5.06 Å². The molecule has 0 saturated carbocycles. The molecule has 0 N–H and O–H groups in total. The Morgan fingerprint density at radius 3 is 3.08 bits per heavy atom. The van der Waals surface area contributed by atoms with Gasteiger partial charge in [-0.1, -0.05) is 13.3 Å². The lowest BCUT2D eigenvalue weighted by molar-refractivity contribution is -0.385. The largest absolute Gasteiger partial charge is 0.479 e. The van der Waals surface area contributed by atoms with Gasteiger partial charge in [0.05, 0.1) is 11.5 Å². The van der Waals surface area contributed by atoms with E-state index in [0.717, 1.165) is 12.8 Å². The van der Waals surface area contributed by atoms with Gasteiger partial charge in [-0.25, -0.2) is 0 Å². The number of nitro groups is 1. The van der Waals surface area contributed by atoms with E-state index in [1.165, 1.54) is 17.4 Å². The molecule has 0 amide bonds. The molecule has 4 nitrogen and oxygen atoms in total. The van der Waals surface area contributed by atoms with Gasteiger partial charge in [0.1, 0.15) is 0 Å². The number of rotatable bonds is 5. The molecule has 0 aliphatic heterocycles. The molecule has 1 aromatic heterocycles. The molecule has 0 fully saturated rings. The molecule has 13 heavy (non-hydrogen) atoms. The van der Waals surface area contributed by atoms with E-state index in [-0.39, 0.29) is 5.69 Å². The summed E-state index contributed by atoms with van der Waals surface area (Å²) < 4.78 is 5.26. The average molecular weight is 201 g/mol. The van der Waals surface area contributed by atoms with Crippen LogP contribution in [0.2, 0.25) is 0 Å². The third-order valence-electron chi connectivity index (χ3n) is 1.54. The molecular formula is C8H11NO3S. The topological polar surface area (TPSA) is 52.4 Å². The van der Waals surface area contributed by atoms with Gasteiger partial charge in [0, 0.05) is 11.4 Å².